The van der Waals surface area contributed by atoms with Crippen molar-refractivity contribution in [3.05, 3.63) is 0 Å². The second-order valence-electron chi connectivity index (χ2n) is 4.95. The maximum Gasteiger partial charge on any atom is 0.321 e. The third-order valence-electron chi connectivity index (χ3n) is 2.61. The minimum absolute atomic E-state index is 0.0969. The maximum atomic E-state index is 11.7. The van der Waals surface area contributed by atoms with Crippen LogP contribution in [0.4, 0.5) is 0 Å². The van der Waals surface area contributed by atoms with Crippen molar-refractivity contribution < 1.29 is 26.7 Å². The van der Waals surface area contributed by atoms with Gasteiger partial charge in [0, 0.05) is 14.1 Å². The van der Waals surface area contributed by atoms with Gasteiger partial charge in [0.2, 0.25) is 20.0 Å². The Morgan fingerprint density at radius 1 is 1.15 bits per heavy atom. The van der Waals surface area contributed by atoms with Crippen LogP contribution < -0.4 is 4.72 Å². The topological polar surface area (TPSA) is 121 Å². The number of nitrogens with zero attached hydrogens (tertiary/aromatic N) is 1. The minimum Gasteiger partial charge on any atom is -0.480 e. The van der Waals surface area contributed by atoms with Crippen LogP contribution in [-0.2, 0) is 24.8 Å². The van der Waals surface area contributed by atoms with Gasteiger partial charge in [-0.05, 0) is 12.3 Å². The van der Waals surface area contributed by atoms with Gasteiger partial charge >= 0.3 is 5.97 Å². The monoisotopic (exact) mass is 330 g/mol. The molecule has 20 heavy (non-hydrogen) atoms. The van der Waals surface area contributed by atoms with Crippen molar-refractivity contribution in [2.45, 2.75) is 26.3 Å². The zero-order valence-electron chi connectivity index (χ0n) is 12.0. The lowest BCUT2D eigenvalue weighted by Gasteiger charge is -2.18. The Morgan fingerprint density at radius 2 is 1.65 bits per heavy atom. The average molecular weight is 330 g/mol. The Balaban J connectivity index is 4.59. The molecule has 0 heterocycles. The Labute approximate surface area is 120 Å². The summed E-state index contributed by atoms with van der Waals surface area (Å²) in [6.45, 7) is 3.16. The summed E-state index contributed by atoms with van der Waals surface area (Å²) in [6, 6.07) is -1.22. The number of carbonyl (C=O) groups is 1. The normalized spacial score (nSPS) is 14.7. The summed E-state index contributed by atoms with van der Waals surface area (Å²) in [5, 5.41) is 8.90. The molecular formula is C10H22N2O6S2. The number of hydrogen-bond acceptors (Lipinski definition) is 5. The molecule has 0 saturated carbocycles. The smallest absolute Gasteiger partial charge is 0.321 e. The maximum absolute atomic E-state index is 11.7. The highest BCUT2D eigenvalue weighted by atomic mass is 32.2. The summed E-state index contributed by atoms with van der Waals surface area (Å²) in [5.74, 6) is -2.41. The quantitative estimate of drug-likeness (QED) is 0.576. The first-order valence-corrected chi connectivity index (χ1v) is 9.28. The number of sulfonamides is 2. The van der Waals surface area contributed by atoms with Crippen molar-refractivity contribution in [2.75, 3.05) is 25.6 Å². The number of carboxylic acids is 1. The molecule has 0 aliphatic carbocycles. The van der Waals surface area contributed by atoms with Gasteiger partial charge in [0.1, 0.15) is 6.04 Å². The standard InChI is InChI=1S/C10H22N2O6S2/c1-8(2)9(10(13)14)11-19(15,16)6-5-7-20(17,18)12(3)4/h8-9,11H,5-7H2,1-4H3,(H,13,14). The van der Waals surface area contributed by atoms with E-state index < -0.39 is 43.7 Å². The van der Waals surface area contributed by atoms with Crippen LogP contribution in [-0.4, -0.2) is 63.9 Å². The van der Waals surface area contributed by atoms with Crippen molar-refractivity contribution in [3.8, 4) is 0 Å². The lowest BCUT2D eigenvalue weighted by atomic mass is 10.1. The van der Waals surface area contributed by atoms with Gasteiger partial charge in [-0.2, -0.15) is 0 Å². The molecule has 0 saturated heterocycles. The molecule has 0 aliphatic heterocycles. The average Bonchev–Trinajstić information content (AvgIpc) is 2.24. The van der Waals surface area contributed by atoms with E-state index in [9.17, 15) is 21.6 Å². The Hall–Kier alpha value is -0.710. The molecule has 8 nitrogen and oxygen atoms in total. The fraction of sp³-hybridized carbons (Fsp3) is 0.900. The second-order valence-corrected chi connectivity index (χ2v) is 9.12. The molecule has 0 fully saturated rings. The van der Waals surface area contributed by atoms with E-state index in [0.29, 0.717) is 0 Å². The zero-order chi connectivity index (χ0) is 16.1. The van der Waals surface area contributed by atoms with Gasteiger partial charge in [-0.1, -0.05) is 13.8 Å². The summed E-state index contributed by atoms with van der Waals surface area (Å²) >= 11 is 0. The molecule has 0 aromatic carbocycles. The molecule has 1 unspecified atom stereocenters. The van der Waals surface area contributed by atoms with Gasteiger partial charge in [-0.3, -0.25) is 4.79 Å². The number of hydrogen-bond donors (Lipinski definition) is 2. The Morgan fingerprint density at radius 3 is 2.00 bits per heavy atom. The molecule has 120 valence electrons. The molecule has 1 atom stereocenters. The molecule has 0 bridgehead atoms. The number of aliphatic carboxylic acids is 1. The van der Waals surface area contributed by atoms with Crippen LogP contribution in [0.25, 0.3) is 0 Å². The second kappa shape index (κ2) is 7.34. The predicted octanol–water partition coefficient (Wildman–Crippen LogP) is -0.703. The first-order chi connectivity index (χ1) is 8.89. The van der Waals surface area contributed by atoms with Crippen LogP contribution in [0, 0.1) is 5.92 Å². The van der Waals surface area contributed by atoms with Crippen LogP contribution >= 0.6 is 0 Å². The molecule has 0 amide bonds. The third kappa shape index (κ3) is 6.64. The van der Waals surface area contributed by atoms with Crippen LogP contribution in [0.2, 0.25) is 0 Å². The largest absolute Gasteiger partial charge is 0.480 e. The molecule has 2 N–H and O–H groups in total. The fourth-order valence-corrected chi connectivity index (χ4v) is 3.80. The number of nitrogens with one attached hydrogen (secondary N) is 1. The third-order valence-corrected chi connectivity index (χ3v) is 5.97. The van der Waals surface area contributed by atoms with Crippen LogP contribution in [0.1, 0.15) is 20.3 Å². The molecular weight excluding hydrogens is 308 g/mol. The predicted molar refractivity (Wildman–Crippen MR) is 75.3 cm³/mol. The van der Waals surface area contributed by atoms with E-state index in [4.69, 9.17) is 5.11 Å². The highest BCUT2D eigenvalue weighted by Crippen LogP contribution is 2.05. The molecule has 0 radical (unpaired) electrons. The lowest BCUT2D eigenvalue weighted by Crippen LogP contribution is -2.45. The summed E-state index contributed by atoms with van der Waals surface area (Å²) in [4.78, 5) is 10.9. The zero-order valence-corrected chi connectivity index (χ0v) is 13.7. The van der Waals surface area contributed by atoms with E-state index in [1.807, 2.05) is 0 Å². The van der Waals surface area contributed by atoms with Crippen molar-refractivity contribution in [1.29, 1.82) is 0 Å². The minimum atomic E-state index is -3.83. The van der Waals surface area contributed by atoms with E-state index in [2.05, 4.69) is 4.72 Å². The highest BCUT2D eigenvalue weighted by Gasteiger charge is 2.27. The van der Waals surface area contributed by atoms with E-state index >= 15 is 0 Å². The lowest BCUT2D eigenvalue weighted by molar-refractivity contribution is -0.140. The van der Waals surface area contributed by atoms with Crippen LogP contribution in [0.3, 0.4) is 0 Å². The van der Waals surface area contributed by atoms with Gasteiger partial charge in [-0.15, -0.1) is 0 Å². The fourth-order valence-electron chi connectivity index (χ4n) is 1.34. The van der Waals surface area contributed by atoms with E-state index in [1.165, 1.54) is 14.1 Å². The SMILES string of the molecule is CC(C)C(NS(=O)(=O)CCCS(=O)(=O)N(C)C)C(=O)O. The highest BCUT2D eigenvalue weighted by molar-refractivity contribution is 7.90. The first-order valence-electron chi connectivity index (χ1n) is 6.02. The number of rotatable bonds is 9. The van der Waals surface area contributed by atoms with E-state index in [-0.39, 0.29) is 12.2 Å². The van der Waals surface area contributed by atoms with Gasteiger partial charge < -0.3 is 5.11 Å². The summed E-state index contributed by atoms with van der Waals surface area (Å²) in [6.07, 6.45) is -0.0969. The number of carboxylic acid groups (broad SMARTS) is 1. The van der Waals surface area contributed by atoms with Crippen molar-refractivity contribution in [2.24, 2.45) is 5.92 Å². The molecule has 0 spiro atoms. The van der Waals surface area contributed by atoms with Crippen LogP contribution in [0.5, 0.6) is 0 Å². The summed E-state index contributed by atoms with van der Waals surface area (Å²) < 4.78 is 49.5. The van der Waals surface area contributed by atoms with E-state index in [1.54, 1.807) is 13.8 Å². The van der Waals surface area contributed by atoms with Crippen LogP contribution in [0.15, 0.2) is 0 Å². The molecule has 0 aliphatic rings. The van der Waals surface area contributed by atoms with Gasteiger partial charge in [-0.25, -0.2) is 25.9 Å². The van der Waals surface area contributed by atoms with Gasteiger partial charge in [0.25, 0.3) is 0 Å². The summed E-state index contributed by atoms with van der Waals surface area (Å²) in [7, 11) is -4.56. The van der Waals surface area contributed by atoms with E-state index in [0.717, 1.165) is 4.31 Å². The summed E-state index contributed by atoms with van der Waals surface area (Å²) in [5.41, 5.74) is 0. The molecule has 0 rings (SSSR count). The van der Waals surface area contributed by atoms with Crippen molar-refractivity contribution in [1.82, 2.24) is 9.03 Å². The Kier molecular flexibility index (Phi) is 7.08. The molecule has 0 aromatic heterocycles. The van der Waals surface area contributed by atoms with Gasteiger partial charge in [0.05, 0.1) is 11.5 Å². The Bertz CT molecular complexity index is 524. The van der Waals surface area contributed by atoms with Gasteiger partial charge in [0.15, 0.2) is 0 Å². The van der Waals surface area contributed by atoms with Crippen molar-refractivity contribution in [3.63, 3.8) is 0 Å². The first kappa shape index (κ1) is 19.3. The molecule has 10 heteroatoms. The van der Waals surface area contributed by atoms with Crippen molar-refractivity contribution >= 4 is 26.0 Å². The molecule has 0 aromatic rings.